The summed E-state index contributed by atoms with van der Waals surface area (Å²) in [5, 5.41) is 6.15. The van der Waals surface area contributed by atoms with E-state index in [9.17, 15) is 9.59 Å². The van der Waals surface area contributed by atoms with Gasteiger partial charge in [-0.2, -0.15) is 0 Å². The summed E-state index contributed by atoms with van der Waals surface area (Å²) in [5.74, 6) is -0.154. The minimum Gasteiger partial charge on any atom is -0.369 e. The summed E-state index contributed by atoms with van der Waals surface area (Å²) in [5.41, 5.74) is 9.98. The lowest BCUT2D eigenvalue weighted by Crippen LogP contribution is -2.49. The van der Waals surface area contributed by atoms with Crippen molar-refractivity contribution in [2.45, 2.75) is 31.6 Å². The van der Waals surface area contributed by atoms with E-state index in [1.165, 1.54) is 18.1 Å². The molecule has 0 radical (unpaired) electrons. The number of carbonyl (C=O) groups excluding carboxylic acids is 2. The van der Waals surface area contributed by atoms with E-state index in [1.807, 2.05) is 60.7 Å². The van der Waals surface area contributed by atoms with Crippen LogP contribution in [0.1, 0.15) is 35.6 Å². The first-order chi connectivity index (χ1) is 18.5. The molecule has 0 aliphatic carbocycles. The van der Waals surface area contributed by atoms with Crippen molar-refractivity contribution in [3.05, 3.63) is 107 Å². The Morgan fingerprint density at radius 1 is 0.842 bits per heavy atom. The maximum Gasteiger partial charge on any atom is 0.232 e. The molecule has 0 bridgehead atoms. The summed E-state index contributed by atoms with van der Waals surface area (Å²) in [6.45, 7) is 6.62. The second-order valence-electron chi connectivity index (χ2n) is 10.2. The van der Waals surface area contributed by atoms with Crippen LogP contribution in [0.3, 0.4) is 0 Å². The van der Waals surface area contributed by atoms with E-state index in [0.29, 0.717) is 6.54 Å². The van der Waals surface area contributed by atoms with Gasteiger partial charge in [-0.05, 0) is 60.5 Å². The molecular weight excluding hydrogens is 472 g/mol. The van der Waals surface area contributed by atoms with E-state index in [4.69, 9.17) is 5.73 Å². The monoisotopic (exact) mass is 512 g/mol. The average Bonchev–Trinajstić information content (AvgIpc) is 3.40. The standard InChI is InChI=1S/C32H40N4O2/c1-25(37)35-21-20-34-19-16-26-12-14-27(15-13-26)17-22-36-23-18-30(24-36)32(31(33)38,28-8-4-2-5-9-28)29-10-6-3-7-11-29/h2-15,30,34H,16-24H2,1H3,(H2,33,38)(H,35,37)/t30-/m1/s1. The van der Waals surface area contributed by atoms with Crippen molar-refractivity contribution in [1.29, 1.82) is 0 Å². The van der Waals surface area contributed by atoms with Crippen LogP contribution in [0.25, 0.3) is 0 Å². The Hall–Kier alpha value is -3.48. The molecule has 1 aliphatic heterocycles. The fourth-order valence-corrected chi connectivity index (χ4v) is 5.76. The molecule has 2 amide bonds. The number of amides is 2. The van der Waals surface area contributed by atoms with Gasteiger partial charge < -0.3 is 21.3 Å². The van der Waals surface area contributed by atoms with E-state index in [2.05, 4.69) is 39.8 Å². The van der Waals surface area contributed by atoms with Gasteiger partial charge in [0.1, 0.15) is 5.41 Å². The summed E-state index contributed by atoms with van der Waals surface area (Å²) in [7, 11) is 0. The van der Waals surface area contributed by atoms with Gasteiger partial charge in [-0.1, -0.05) is 84.9 Å². The number of primary amides is 1. The van der Waals surface area contributed by atoms with Crippen LogP contribution in [0, 0.1) is 5.92 Å². The van der Waals surface area contributed by atoms with Crippen LogP contribution < -0.4 is 16.4 Å². The minimum atomic E-state index is -0.838. The summed E-state index contributed by atoms with van der Waals surface area (Å²) in [6, 6.07) is 29.0. The molecule has 0 aromatic heterocycles. The molecule has 200 valence electrons. The number of carbonyl (C=O) groups is 2. The maximum atomic E-state index is 13.3. The van der Waals surface area contributed by atoms with Crippen LogP contribution in [0.2, 0.25) is 0 Å². The number of nitrogens with zero attached hydrogens (tertiary/aromatic N) is 1. The molecule has 1 fully saturated rings. The topological polar surface area (TPSA) is 87.5 Å². The van der Waals surface area contributed by atoms with E-state index in [1.54, 1.807) is 0 Å². The second-order valence-corrected chi connectivity index (χ2v) is 10.2. The van der Waals surface area contributed by atoms with Gasteiger partial charge in [0.15, 0.2) is 0 Å². The summed E-state index contributed by atoms with van der Waals surface area (Å²) < 4.78 is 0. The van der Waals surface area contributed by atoms with Crippen molar-refractivity contribution in [3.8, 4) is 0 Å². The SMILES string of the molecule is CC(=O)NCCNCCc1ccc(CCN2CC[C@@H](C(C(N)=O)(c3ccccc3)c3ccccc3)C2)cc1. The lowest BCUT2D eigenvalue weighted by Gasteiger charge is -2.37. The van der Waals surface area contributed by atoms with Crippen molar-refractivity contribution in [3.63, 3.8) is 0 Å². The summed E-state index contributed by atoms with van der Waals surface area (Å²) >= 11 is 0. The molecular formula is C32H40N4O2. The Morgan fingerprint density at radius 2 is 1.42 bits per heavy atom. The van der Waals surface area contributed by atoms with Crippen molar-refractivity contribution in [1.82, 2.24) is 15.5 Å². The van der Waals surface area contributed by atoms with Crippen LogP contribution in [0.4, 0.5) is 0 Å². The molecule has 0 unspecified atom stereocenters. The van der Waals surface area contributed by atoms with Gasteiger partial charge in [0.25, 0.3) is 0 Å². The van der Waals surface area contributed by atoms with E-state index in [0.717, 1.165) is 63.1 Å². The molecule has 4 N–H and O–H groups in total. The summed E-state index contributed by atoms with van der Waals surface area (Å²) in [4.78, 5) is 26.6. The molecule has 3 aromatic carbocycles. The highest BCUT2D eigenvalue weighted by Crippen LogP contribution is 2.43. The molecule has 6 heteroatoms. The molecule has 38 heavy (non-hydrogen) atoms. The first kappa shape index (κ1) is 27.6. The van der Waals surface area contributed by atoms with Crippen LogP contribution in [-0.2, 0) is 27.8 Å². The molecule has 1 heterocycles. The number of hydrogen-bond donors (Lipinski definition) is 3. The van der Waals surface area contributed by atoms with Crippen molar-refractivity contribution in [2.24, 2.45) is 11.7 Å². The van der Waals surface area contributed by atoms with Crippen LogP contribution >= 0.6 is 0 Å². The predicted octanol–water partition coefficient (Wildman–Crippen LogP) is 3.29. The summed E-state index contributed by atoms with van der Waals surface area (Å²) in [6.07, 6.45) is 2.87. The van der Waals surface area contributed by atoms with Gasteiger partial charge in [0.05, 0.1) is 0 Å². The van der Waals surface area contributed by atoms with Crippen LogP contribution in [-0.4, -0.2) is 56.0 Å². The number of likely N-dealkylation sites (tertiary alicyclic amines) is 1. The molecule has 3 aromatic rings. The highest BCUT2D eigenvalue weighted by molar-refractivity contribution is 5.91. The average molecular weight is 513 g/mol. The fraction of sp³-hybridized carbons (Fsp3) is 0.375. The number of hydrogen-bond acceptors (Lipinski definition) is 4. The van der Waals surface area contributed by atoms with Gasteiger partial charge in [0.2, 0.25) is 11.8 Å². The third-order valence-electron chi connectivity index (χ3n) is 7.74. The zero-order valence-electron chi connectivity index (χ0n) is 22.4. The Morgan fingerprint density at radius 3 is 1.97 bits per heavy atom. The number of benzene rings is 3. The Labute approximate surface area is 226 Å². The second kappa shape index (κ2) is 13.4. The van der Waals surface area contributed by atoms with E-state index in [-0.39, 0.29) is 17.7 Å². The Bertz CT molecular complexity index is 1130. The molecule has 1 saturated heterocycles. The Balaban J connectivity index is 1.34. The number of nitrogens with one attached hydrogen (secondary N) is 2. The minimum absolute atomic E-state index is 0.00595. The van der Waals surface area contributed by atoms with Gasteiger partial charge in [-0.25, -0.2) is 0 Å². The van der Waals surface area contributed by atoms with Gasteiger partial charge in [-0.3, -0.25) is 9.59 Å². The number of nitrogens with two attached hydrogens (primary N) is 1. The van der Waals surface area contributed by atoms with Crippen LogP contribution in [0.15, 0.2) is 84.9 Å². The lowest BCUT2D eigenvalue weighted by molar-refractivity contribution is -0.124. The highest BCUT2D eigenvalue weighted by atomic mass is 16.2. The molecule has 1 aliphatic rings. The quantitative estimate of drug-likeness (QED) is 0.307. The first-order valence-corrected chi connectivity index (χ1v) is 13.7. The van der Waals surface area contributed by atoms with Gasteiger partial charge in [-0.15, -0.1) is 0 Å². The fourth-order valence-electron chi connectivity index (χ4n) is 5.76. The highest BCUT2D eigenvalue weighted by Gasteiger charge is 2.49. The first-order valence-electron chi connectivity index (χ1n) is 13.7. The smallest absolute Gasteiger partial charge is 0.232 e. The molecule has 4 rings (SSSR count). The van der Waals surface area contributed by atoms with E-state index < -0.39 is 5.41 Å². The van der Waals surface area contributed by atoms with Gasteiger partial charge in [0, 0.05) is 33.1 Å². The number of rotatable bonds is 13. The zero-order valence-corrected chi connectivity index (χ0v) is 22.4. The van der Waals surface area contributed by atoms with Crippen molar-refractivity contribution < 1.29 is 9.59 Å². The molecule has 1 atom stereocenters. The normalized spacial score (nSPS) is 15.9. The predicted molar refractivity (Wildman–Crippen MR) is 153 cm³/mol. The van der Waals surface area contributed by atoms with Gasteiger partial charge >= 0.3 is 0 Å². The van der Waals surface area contributed by atoms with Crippen LogP contribution in [0.5, 0.6) is 0 Å². The van der Waals surface area contributed by atoms with Crippen molar-refractivity contribution in [2.75, 3.05) is 39.3 Å². The largest absolute Gasteiger partial charge is 0.369 e. The molecule has 0 saturated carbocycles. The third-order valence-corrected chi connectivity index (χ3v) is 7.74. The maximum absolute atomic E-state index is 13.3. The van der Waals surface area contributed by atoms with Crippen molar-refractivity contribution >= 4 is 11.8 Å². The zero-order chi connectivity index (χ0) is 26.8. The lowest BCUT2D eigenvalue weighted by atomic mass is 9.64. The Kier molecular flexibility index (Phi) is 9.68. The third kappa shape index (κ3) is 6.69. The van der Waals surface area contributed by atoms with E-state index >= 15 is 0 Å². The molecule has 6 nitrogen and oxygen atoms in total. The molecule has 0 spiro atoms.